The first kappa shape index (κ1) is 13.9. The number of aromatic nitrogens is 4. The van der Waals surface area contributed by atoms with Gasteiger partial charge in [-0.3, -0.25) is 9.36 Å². The second-order valence-electron chi connectivity index (χ2n) is 4.85. The van der Waals surface area contributed by atoms with E-state index in [-0.39, 0.29) is 0 Å². The van der Waals surface area contributed by atoms with Crippen LogP contribution in [0.25, 0.3) is 11.3 Å². The molecule has 5 nitrogen and oxygen atoms in total. The molecule has 0 radical (unpaired) electrons. The summed E-state index contributed by atoms with van der Waals surface area (Å²) in [7, 11) is 0. The predicted molar refractivity (Wildman–Crippen MR) is 86.8 cm³/mol. The van der Waals surface area contributed by atoms with Crippen molar-refractivity contribution >= 4 is 21.6 Å². The number of rotatable bonds is 4. The highest BCUT2D eigenvalue weighted by molar-refractivity contribution is 9.10. The molecule has 3 aromatic rings. The monoisotopic (exact) mass is 345 g/mol. The Balaban J connectivity index is 1.87. The Labute approximate surface area is 131 Å². The predicted octanol–water partition coefficient (Wildman–Crippen LogP) is 3.16. The average molecular weight is 346 g/mol. The van der Waals surface area contributed by atoms with Gasteiger partial charge >= 0.3 is 0 Å². The van der Waals surface area contributed by atoms with E-state index < -0.39 is 0 Å². The van der Waals surface area contributed by atoms with Crippen molar-refractivity contribution in [3.05, 3.63) is 52.9 Å². The number of nitrogens with zero attached hydrogens (tertiary/aromatic N) is 4. The molecular weight excluding hydrogens is 330 g/mol. The van der Waals surface area contributed by atoms with E-state index in [4.69, 9.17) is 5.73 Å². The standard InChI is InChI=1S/C15H16BrN5/c1-2-20-9-12(7-18-20)15-14(17)10-21(19-15)8-11-4-3-5-13(16)6-11/h3-7,9-10H,2,8,17H2,1H3. The fourth-order valence-electron chi connectivity index (χ4n) is 2.22. The summed E-state index contributed by atoms with van der Waals surface area (Å²) in [5.74, 6) is 0. The summed E-state index contributed by atoms with van der Waals surface area (Å²) < 4.78 is 4.78. The van der Waals surface area contributed by atoms with E-state index in [0.29, 0.717) is 12.2 Å². The van der Waals surface area contributed by atoms with Crippen molar-refractivity contribution in [2.45, 2.75) is 20.0 Å². The summed E-state index contributed by atoms with van der Waals surface area (Å²) in [6.07, 6.45) is 5.62. The molecule has 0 fully saturated rings. The van der Waals surface area contributed by atoms with E-state index in [2.05, 4.69) is 38.3 Å². The lowest BCUT2D eigenvalue weighted by Gasteiger charge is -2.02. The van der Waals surface area contributed by atoms with Gasteiger partial charge in [0.05, 0.1) is 18.4 Å². The Bertz CT molecular complexity index is 759. The van der Waals surface area contributed by atoms with Crippen molar-refractivity contribution in [1.82, 2.24) is 19.6 Å². The summed E-state index contributed by atoms with van der Waals surface area (Å²) in [4.78, 5) is 0. The molecule has 0 atom stereocenters. The highest BCUT2D eigenvalue weighted by atomic mass is 79.9. The SMILES string of the molecule is CCn1cc(-c2nn(Cc3cccc(Br)c3)cc2N)cn1. The van der Waals surface area contributed by atoms with E-state index >= 15 is 0 Å². The van der Waals surface area contributed by atoms with Crippen LogP contribution in [0.15, 0.2) is 47.3 Å². The average Bonchev–Trinajstić information content (AvgIpc) is 3.05. The van der Waals surface area contributed by atoms with Gasteiger partial charge in [0, 0.05) is 29.0 Å². The largest absolute Gasteiger partial charge is 0.396 e. The second-order valence-corrected chi connectivity index (χ2v) is 5.76. The van der Waals surface area contributed by atoms with Crippen LogP contribution in [-0.2, 0) is 13.1 Å². The molecule has 6 heteroatoms. The minimum absolute atomic E-state index is 0.667. The van der Waals surface area contributed by atoms with Crippen molar-refractivity contribution in [2.75, 3.05) is 5.73 Å². The van der Waals surface area contributed by atoms with Gasteiger partial charge in [0.15, 0.2) is 0 Å². The van der Waals surface area contributed by atoms with Crippen LogP contribution in [0, 0.1) is 0 Å². The van der Waals surface area contributed by atoms with Crippen molar-refractivity contribution in [2.24, 2.45) is 0 Å². The zero-order valence-electron chi connectivity index (χ0n) is 11.7. The molecule has 3 rings (SSSR count). The molecule has 0 aliphatic heterocycles. The van der Waals surface area contributed by atoms with Crippen LogP contribution in [-0.4, -0.2) is 19.6 Å². The summed E-state index contributed by atoms with van der Waals surface area (Å²) in [5.41, 5.74) is 9.64. The van der Waals surface area contributed by atoms with Gasteiger partial charge in [-0.15, -0.1) is 0 Å². The first-order chi connectivity index (χ1) is 10.2. The number of anilines is 1. The Morgan fingerprint density at radius 3 is 2.81 bits per heavy atom. The Morgan fingerprint density at radius 2 is 2.10 bits per heavy atom. The van der Waals surface area contributed by atoms with Crippen LogP contribution in [0.5, 0.6) is 0 Å². The third kappa shape index (κ3) is 3.00. The highest BCUT2D eigenvalue weighted by Gasteiger charge is 2.11. The first-order valence-corrected chi connectivity index (χ1v) is 7.55. The number of aryl methyl sites for hydroxylation is 1. The topological polar surface area (TPSA) is 61.7 Å². The Kier molecular flexibility index (Phi) is 3.79. The smallest absolute Gasteiger partial charge is 0.118 e. The fraction of sp³-hybridized carbons (Fsp3) is 0.200. The minimum Gasteiger partial charge on any atom is -0.396 e. The normalized spacial score (nSPS) is 11.0. The molecule has 0 bridgehead atoms. The van der Waals surface area contributed by atoms with Crippen LogP contribution < -0.4 is 5.73 Å². The number of hydrogen-bond acceptors (Lipinski definition) is 3. The van der Waals surface area contributed by atoms with E-state index in [0.717, 1.165) is 22.3 Å². The van der Waals surface area contributed by atoms with Gasteiger partial charge in [0.1, 0.15) is 5.69 Å². The molecule has 0 spiro atoms. The molecule has 21 heavy (non-hydrogen) atoms. The highest BCUT2D eigenvalue weighted by Crippen LogP contribution is 2.24. The third-order valence-corrected chi connectivity index (χ3v) is 3.75. The maximum atomic E-state index is 6.08. The maximum Gasteiger partial charge on any atom is 0.118 e. The van der Waals surface area contributed by atoms with E-state index in [1.807, 2.05) is 40.8 Å². The van der Waals surface area contributed by atoms with Gasteiger partial charge in [-0.2, -0.15) is 10.2 Å². The molecule has 0 unspecified atom stereocenters. The summed E-state index contributed by atoms with van der Waals surface area (Å²) in [6, 6.07) is 8.16. The fourth-order valence-corrected chi connectivity index (χ4v) is 2.67. The zero-order valence-corrected chi connectivity index (χ0v) is 13.3. The van der Waals surface area contributed by atoms with Crippen molar-refractivity contribution in [3.63, 3.8) is 0 Å². The molecular formula is C15H16BrN5. The van der Waals surface area contributed by atoms with Gasteiger partial charge in [-0.25, -0.2) is 0 Å². The zero-order chi connectivity index (χ0) is 14.8. The van der Waals surface area contributed by atoms with E-state index in [9.17, 15) is 0 Å². The van der Waals surface area contributed by atoms with Gasteiger partial charge in [0.2, 0.25) is 0 Å². The molecule has 2 heterocycles. The maximum absolute atomic E-state index is 6.08. The Morgan fingerprint density at radius 1 is 1.24 bits per heavy atom. The molecule has 0 saturated carbocycles. The minimum atomic E-state index is 0.667. The van der Waals surface area contributed by atoms with Gasteiger partial charge in [-0.1, -0.05) is 28.1 Å². The summed E-state index contributed by atoms with van der Waals surface area (Å²) in [6.45, 7) is 3.57. The van der Waals surface area contributed by atoms with Crippen LogP contribution >= 0.6 is 15.9 Å². The van der Waals surface area contributed by atoms with Crippen LogP contribution in [0.4, 0.5) is 5.69 Å². The number of hydrogen-bond donors (Lipinski definition) is 1. The van der Waals surface area contributed by atoms with Crippen LogP contribution in [0.3, 0.4) is 0 Å². The molecule has 108 valence electrons. The quantitative estimate of drug-likeness (QED) is 0.789. The molecule has 2 aromatic heterocycles. The van der Waals surface area contributed by atoms with Crippen LogP contribution in [0.1, 0.15) is 12.5 Å². The van der Waals surface area contributed by atoms with Crippen molar-refractivity contribution in [3.8, 4) is 11.3 Å². The Hall–Kier alpha value is -2.08. The van der Waals surface area contributed by atoms with Gasteiger partial charge in [0.25, 0.3) is 0 Å². The van der Waals surface area contributed by atoms with E-state index in [1.165, 1.54) is 5.56 Å². The third-order valence-electron chi connectivity index (χ3n) is 3.25. The summed E-state index contributed by atoms with van der Waals surface area (Å²) in [5, 5.41) is 8.84. The van der Waals surface area contributed by atoms with Crippen LogP contribution in [0.2, 0.25) is 0 Å². The lowest BCUT2D eigenvalue weighted by atomic mass is 10.2. The van der Waals surface area contributed by atoms with Gasteiger partial charge in [-0.05, 0) is 24.6 Å². The number of benzene rings is 1. The van der Waals surface area contributed by atoms with Crippen molar-refractivity contribution in [1.29, 1.82) is 0 Å². The van der Waals surface area contributed by atoms with Crippen molar-refractivity contribution < 1.29 is 0 Å². The molecule has 0 aliphatic rings. The molecule has 0 saturated heterocycles. The number of nitrogen functional groups attached to an aromatic ring is 1. The van der Waals surface area contributed by atoms with E-state index in [1.54, 1.807) is 6.20 Å². The number of halogens is 1. The lowest BCUT2D eigenvalue weighted by Crippen LogP contribution is -2.00. The first-order valence-electron chi connectivity index (χ1n) is 6.76. The lowest BCUT2D eigenvalue weighted by molar-refractivity contribution is 0.660. The summed E-state index contributed by atoms with van der Waals surface area (Å²) >= 11 is 3.48. The number of nitrogens with two attached hydrogens (primary N) is 1. The molecule has 0 amide bonds. The molecule has 2 N–H and O–H groups in total. The second kappa shape index (κ2) is 5.73. The van der Waals surface area contributed by atoms with Gasteiger partial charge < -0.3 is 5.73 Å². The molecule has 0 aliphatic carbocycles. The molecule has 1 aromatic carbocycles.